The van der Waals surface area contributed by atoms with Crippen molar-refractivity contribution >= 4 is 17.6 Å². The molecule has 0 aliphatic rings. The number of carbonyl (C=O) groups excluding carboxylic acids is 2. The van der Waals surface area contributed by atoms with Crippen LogP contribution < -0.4 is 16.0 Å². The molecule has 0 spiro atoms. The van der Waals surface area contributed by atoms with Crippen LogP contribution in [0.15, 0.2) is 18.2 Å². The fourth-order valence-electron chi connectivity index (χ4n) is 1.74. The first-order valence-electron chi connectivity index (χ1n) is 6.45. The second-order valence-corrected chi connectivity index (χ2v) is 4.28. The summed E-state index contributed by atoms with van der Waals surface area (Å²) in [5.41, 5.74) is 1.90. The Hall–Kier alpha value is -2.08. The van der Waals surface area contributed by atoms with E-state index in [1.165, 1.54) is 0 Å². The van der Waals surface area contributed by atoms with Crippen molar-refractivity contribution in [3.8, 4) is 0 Å². The number of amides is 3. The fraction of sp³-hybridized carbons (Fsp3) is 0.429. The summed E-state index contributed by atoms with van der Waals surface area (Å²) in [5, 5.41) is 8.03. The lowest BCUT2D eigenvalue weighted by atomic mass is 10.1. The normalized spacial score (nSPS) is 9.95. The summed E-state index contributed by atoms with van der Waals surface area (Å²) < 4.78 is 4.90. The van der Waals surface area contributed by atoms with Gasteiger partial charge in [0.05, 0.1) is 0 Å². The lowest BCUT2D eigenvalue weighted by molar-refractivity contribution is 0.0962. The molecule has 0 saturated heterocycles. The summed E-state index contributed by atoms with van der Waals surface area (Å²) in [6.07, 6.45) is 0.751. The van der Waals surface area contributed by atoms with Gasteiger partial charge in [-0.15, -0.1) is 0 Å². The van der Waals surface area contributed by atoms with Gasteiger partial charge in [-0.2, -0.15) is 0 Å². The summed E-state index contributed by atoms with van der Waals surface area (Å²) in [5.74, 6) is -0.174. The minimum Gasteiger partial charge on any atom is -0.385 e. The van der Waals surface area contributed by atoms with Crippen LogP contribution in [-0.2, 0) is 4.74 Å². The highest BCUT2D eigenvalue weighted by Crippen LogP contribution is 2.18. The first-order chi connectivity index (χ1) is 9.60. The van der Waals surface area contributed by atoms with Crippen LogP contribution in [0.1, 0.15) is 22.3 Å². The van der Waals surface area contributed by atoms with Crippen LogP contribution in [0, 0.1) is 6.92 Å². The number of methoxy groups -OCH3 is 1. The molecule has 0 saturated carbocycles. The Kier molecular flexibility index (Phi) is 6.52. The molecule has 1 aromatic carbocycles. The average Bonchev–Trinajstić information content (AvgIpc) is 2.45. The second kappa shape index (κ2) is 8.16. The summed E-state index contributed by atoms with van der Waals surface area (Å²) in [4.78, 5) is 23.4. The fourth-order valence-corrected chi connectivity index (χ4v) is 1.74. The van der Waals surface area contributed by atoms with E-state index in [0.29, 0.717) is 24.4 Å². The van der Waals surface area contributed by atoms with Gasteiger partial charge in [-0.05, 0) is 31.0 Å². The Balaban J connectivity index is 2.64. The first-order valence-corrected chi connectivity index (χ1v) is 6.45. The summed E-state index contributed by atoms with van der Waals surface area (Å²) in [6.45, 7) is 2.93. The van der Waals surface area contributed by atoms with Crippen LogP contribution in [0.25, 0.3) is 0 Å². The summed E-state index contributed by atoms with van der Waals surface area (Å²) in [6, 6.07) is 4.92. The second-order valence-electron chi connectivity index (χ2n) is 4.28. The smallest absolute Gasteiger partial charge is 0.319 e. The molecule has 0 heterocycles. The maximum Gasteiger partial charge on any atom is 0.319 e. The first kappa shape index (κ1) is 16.0. The van der Waals surface area contributed by atoms with E-state index in [9.17, 15) is 9.59 Å². The van der Waals surface area contributed by atoms with E-state index in [1.807, 2.05) is 0 Å². The standard InChI is InChI=1S/C14H21N3O3/c1-10-11(13(18)15-2)6-4-7-12(10)17-14(19)16-8-5-9-20-3/h4,6-7H,5,8-9H2,1-3H3,(H,15,18)(H2,16,17,19). The SMILES string of the molecule is CNC(=O)c1cccc(NC(=O)NCCCOC)c1C. The third kappa shape index (κ3) is 4.55. The van der Waals surface area contributed by atoms with Crippen LogP contribution in [0.2, 0.25) is 0 Å². The summed E-state index contributed by atoms with van der Waals surface area (Å²) in [7, 11) is 3.19. The van der Waals surface area contributed by atoms with Gasteiger partial charge in [0.15, 0.2) is 0 Å². The number of anilines is 1. The van der Waals surface area contributed by atoms with Crippen molar-refractivity contribution in [3.63, 3.8) is 0 Å². The number of hydrogen-bond donors (Lipinski definition) is 3. The van der Waals surface area contributed by atoms with E-state index < -0.39 is 0 Å². The van der Waals surface area contributed by atoms with Gasteiger partial charge in [-0.1, -0.05) is 6.07 Å². The van der Waals surface area contributed by atoms with Crippen LogP contribution in [0.3, 0.4) is 0 Å². The topological polar surface area (TPSA) is 79.5 Å². The average molecular weight is 279 g/mol. The van der Waals surface area contributed by atoms with Gasteiger partial charge in [0.25, 0.3) is 5.91 Å². The Morgan fingerprint density at radius 2 is 2.05 bits per heavy atom. The number of benzene rings is 1. The van der Waals surface area contributed by atoms with Crippen LogP contribution in [0.5, 0.6) is 0 Å². The van der Waals surface area contributed by atoms with Gasteiger partial charge in [-0.3, -0.25) is 4.79 Å². The molecule has 0 unspecified atom stereocenters. The highest BCUT2D eigenvalue weighted by atomic mass is 16.5. The molecule has 0 bridgehead atoms. The molecular formula is C14H21N3O3. The number of ether oxygens (including phenoxy) is 1. The molecule has 3 amide bonds. The minimum absolute atomic E-state index is 0.174. The Morgan fingerprint density at radius 1 is 1.30 bits per heavy atom. The molecule has 0 radical (unpaired) electrons. The molecule has 20 heavy (non-hydrogen) atoms. The molecule has 3 N–H and O–H groups in total. The van der Waals surface area contributed by atoms with Gasteiger partial charge in [0.2, 0.25) is 0 Å². The quantitative estimate of drug-likeness (QED) is 0.691. The monoisotopic (exact) mass is 279 g/mol. The zero-order chi connectivity index (χ0) is 15.0. The van der Waals surface area contributed by atoms with Crippen molar-refractivity contribution in [3.05, 3.63) is 29.3 Å². The molecule has 0 fully saturated rings. The number of hydrogen-bond acceptors (Lipinski definition) is 3. The molecule has 110 valence electrons. The summed E-state index contributed by atoms with van der Waals surface area (Å²) >= 11 is 0. The third-order valence-electron chi connectivity index (χ3n) is 2.86. The van der Waals surface area contributed by atoms with E-state index in [2.05, 4.69) is 16.0 Å². The lowest BCUT2D eigenvalue weighted by Gasteiger charge is -2.12. The van der Waals surface area contributed by atoms with Crippen molar-refractivity contribution in [2.45, 2.75) is 13.3 Å². The van der Waals surface area contributed by atoms with E-state index in [1.54, 1.807) is 39.3 Å². The highest BCUT2D eigenvalue weighted by molar-refractivity contribution is 5.98. The number of urea groups is 1. The third-order valence-corrected chi connectivity index (χ3v) is 2.86. The van der Waals surface area contributed by atoms with E-state index in [0.717, 1.165) is 12.0 Å². The van der Waals surface area contributed by atoms with Crippen molar-refractivity contribution in [1.29, 1.82) is 0 Å². The van der Waals surface area contributed by atoms with Crippen molar-refractivity contribution < 1.29 is 14.3 Å². The van der Waals surface area contributed by atoms with Crippen molar-refractivity contribution in [1.82, 2.24) is 10.6 Å². The lowest BCUT2D eigenvalue weighted by Crippen LogP contribution is -2.30. The maximum atomic E-state index is 11.7. The molecule has 0 aliphatic heterocycles. The highest BCUT2D eigenvalue weighted by Gasteiger charge is 2.11. The number of nitrogens with one attached hydrogen (secondary N) is 3. The minimum atomic E-state index is -0.293. The van der Waals surface area contributed by atoms with E-state index in [4.69, 9.17) is 4.74 Å². The molecule has 1 rings (SSSR count). The van der Waals surface area contributed by atoms with Gasteiger partial charge >= 0.3 is 6.03 Å². The molecule has 0 atom stereocenters. The molecular weight excluding hydrogens is 258 g/mol. The Morgan fingerprint density at radius 3 is 2.70 bits per heavy atom. The molecule has 6 heteroatoms. The van der Waals surface area contributed by atoms with Crippen molar-refractivity contribution in [2.24, 2.45) is 0 Å². The van der Waals surface area contributed by atoms with Gasteiger partial charge in [0, 0.05) is 38.6 Å². The van der Waals surface area contributed by atoms with Crippen LogP contribution in [-0.4, -0.2) is 39.2 Å². The number of carbonyl (C=O) groups is 2. The maximum absolute atomic E-state index is 11.7. The van der Waals surface area contributed by atoms with Gasteiger partial charge in [0.1, 0.15) is 0 Å². The largest absolute Gasteiger partial charge is 0.385 e. The Bertz CT molecular complexity index is 475. The molecule has 0 aromatic heterocycles. The predicted octanol–water partition coefficient (Wildman–Crippen LogP) is 1.51. The molecule has 1 aromatic rings. The molecule has 0 aliphatic carbocycles. The van der Waals surface area contributed by atoms with Crippen LogP contribution in [0.4, 0.5) is 10.5 Å². The predicted molar refractivity (Wildman–Crippen MR) is 78.1 cm³/mol. The van der Waals surface area contributed by atoms with E-state index in [-0.39, 0.29) is 11.9 Å². The zero-order valence-corrected chi connectivity index (χ0v) is 12.1. The van der Waals surface area contributed by atoms with Gasteiger partial charge < -0.3 is 20.7 Å². The van der Waals surface area contributed by atoms with Gasteiger partial charge in [-0.25, -0.2) is 4.79 Å². The zero-order valence-electron chi connectivity index (χ0n) is 12.1. The van der Waals surface area contributed by atoms with Crippen molar-refractivity contribution in [2.75, 3.05) is 32.6 Å². The van der Waals surface area contributed by atoms with Crippen LogP contribution >= 0.6 is 0 Å². The molecule has 6 nitrogen and oxygen atoms in total. The Labute approximate surface area is 118 Å². The number of rotatable bonds is 6. The van der Waals surface area contributed by atoms with E-state index >= 15 is 0 Å².